The van der Waals surface area contributed by atoms with E-state index in [4.69, 9.17) is 9.84 Å². The standard InChI is InChI=1S/C16H17N3O3/c1-15(2,3)6-11-4-5-12-13(22-12)16(11,9-17)19-8-10(7-18-19)14(20)21/h4-5,7-8,11H,6H2,1-3H3,(H,20,21). The van der Waals surface area contributed by atoms with Crippen molar-refractivity contribution in [3.8, 4) is 6.07 Å². The molecule has 3 rings (SSSR count). The Bertz CT molecular complexity index is 745. The van der Waals surface area contributed by atoms with Crippen LogP contribution in [0.4, 0.5) is 0 Å². The number of hydrogen-bond donors (Lipinski definition) is 1. The molecule has 0 spiro atoms. The topological polar surface area (TPSA) is 91.4 Å². The van der Waals surface area contributed by atoms with Crippen LogP contribution >= 0.6 is 0 Å². The van der Waals surface area contributed by atoms with Crippen molar-refractivity contribution in [2.75, 3.05) is 0 Å². The zero-order valence-electron chi connectivity index (χ0n) is 12.7. The van der Waals surface area contributed by atoms with Crippen LogP contribution in [-0.4, -0.2) is 20.9 Å². The first-order valence-electron chi connectivity index (χ1n) is 7.08. The van der Waals surface area contributed by atoms with Gasteiger partial charge in [-0.1, -0.05) is 26.8 Å². The summed E-state index contributed by atoms with van der Waals surface area (Å²) in [6.45, 7) is 6.31. The van der Waals surface area contributed by atoms with E-state index in [1.54, 1.807) is 0 Å². The highest BCUT2D eigenvalue weighted by molar-refractivity contribution is 5.86. The number of allylic oxidation sites excluding steroid dienone is 3. The van der Waals surface area contributed by atoms with Gasteiger partial charge in [0.15, 0.2) is 11.5 Å². The molecule has 2 unspecified atom stereocenters. The number of carboxylic acid groups (broad SMARTS) is 1. The first-order valence-corrected chi connectivity index (χ1v) is 7.08. The molecule has 114 valence electrons. The third kappa shape index (κ3) is 2.10. The number of carbonyl (C=O) groups is 1. The molecular formula is C16H17N3O3. The number of hydrogen-bond acceptors (Lipinski definition) is 4. The van der Waals surface area contributed by atoms with Crippen LogP contribution in [-0.2, 0) is 10.3 Å². The summed E-state index contributed by atoms with van der Waals surface area (Å²) in [5.74, 6) is 0.0511. The molecule has 0 aromatic carbocycles. The maximum absolute atomic E-state index is 11.1. The number of rotatable bonds is 3. The lowest BCUT2D eigenvalue weighted by Crippen LogP contribution is -2.42. The van der Waals surface area contributed by atoms with E-state index in [0.717, 1.165) is 6.42 Å². The van der Waals surface area contributed by atoms with E-state index in [9.17, 15) is 10.1 Å². The Balaban J connectivity index is 2.08. The first kappa shape index (κ1) is 14.4. The molecule has 0 saturated heterocycles. The van der Waals surface area contributed by atoms with Crippen LogP contribution in [0.2, 0.25) is 0 Å². The Labute approximate surface area is 128 Å². The summed E-state index contributed by atoms with van der Waals surface area (Å²) >= 11 is 0. The van der Waals surface area contributed by atoms with Gasteiger partial charge in [-0.2, -0.15) is 10.4 Å². The van der Waals surface area contributed by atoms with Crippen LogP contribution in [0.3, 0.4) is 0 Å². The van der Waals surface area contributed by atoms with Crippen molar-refractivity contribution in [3.05, 3.63) is 41.6 Å². The molecule has 1 aromatic rings. The fourth-order valence-electron chi connectivity index (χ4n) is 2.93. The molecule has 2 atom stereocenters. The van der Waals surface area contributed by atoms with Crippen LogP contribution in [0, 0.1) is 22.7 Å². The second-order valence-corrected chi connectivity index (χ2v) is 6.88. The van der Waals surface area contributed by atoms with Gasteiger partial charge in [0.25, 0.3) is 0 Å². The van der Waals surface area contributed by atoms with Gasteiger partial charge >= 0.3 is 5.97 Å². The molecule has 1 aliphatic carbocycles. The molecule has 6 heteroatoms. The second-order valence-electron chi connectivity index (χ2n) is 6.88. The minimum absolute atomic E-state index is 0.00679. The van der Waals surface area contributed by atoms with Crippen molar-refractivity contribution in [1.82, 2.24) is 9.78 Å². The highest BCUT2D eigenvalue weighted by Gasteiger charge is 2.56. The minimum atomic E-state index is -1.11. The highest BCUT2D eigenvalue weighted by atomic mass is 16.6. The average Bonchev–Trinajstić information content (AvgIpc) is 3.03. The molecule has 2 heterocycles. The lowest BCUT2D eigenvalue weighted by atomic mass is 9.73. The van der Waals surface area contributed by atoms with Gasteiger partial charge in [0, 0.05) is 12.1 Å². The van der Waals surface area contributed by atoms with Crippen LogP contribution < -0.4 is 0 Å². The van der Waals surface area contributed by atoms with E-state index in [-0.39, 0.29) is 16.9 Å². The van der Waals surface area contributed by atoms with E-state index < -0.39 is 11.5 Å². The second kappa shape index (κ2) is 4.47. The van der Waals surface area contributed by atoms with Crippen molar-refractivity contribution >= 4 is 5.97 Å². The first-order chi connectivity index (χ1) is 10.3. The lowest BCUT2D eigenvalue weighted by Gasteiger charge is -2.34. The number of carboxylic acids is 1. The third-order valence-corrected chi connectivity index (χ3v) is 3.95. The summed E-state index contributed by atoms with van der Waals surface area (Å²) in [6, 6.07) is 2.32. The van der Waals surface area contributed by atoms with Gasteiger partial charge in [0.1, 0.15) is 6.07 Å². The Morgan fingerprint density at radius 2 is 2.32 bits per heavy atom. The number of nitrogens with zero attached hydrogens (tertiary/aromatic N) is 3. The average molecular weight is 299 g/mol. The van der Waals surface area contributed by atoms with Gasteiger partial charge in [0.05, 0.1) is 11.8 Å². The number of aromatic carboxylic acids is 1. The maximum Gasteiger partial charge on any atom is 0.338 e. The fourth-order valence-corrected chi connectivity index (χ4v) is 2.93. The van der Waals surface area contributed by atoms with Gasteiger partial charge in [0.2, 0.25) is 5.54 Å². The van der Waals surface area contributed by atoms with Crippen LogP contribution in [0.15, 0.2) is 36.1 Å². The lowest BCUT2D eigenvalue weighted by molar-refractivity contribution is 0.0696. The molecule has 0 radical (unpaired) electrons. The molecule has 1 N–H and O–H groups in total. The van der Waals surface area contributed by atoms with Gasteiger partial charge < -0.3 is 9.84 Å². The Morgan fingerprint density at radius 1 is 1.59 bits per heavy atom. The number of nitriles is 1. The molecule has 0 saturated carbocycles. The molecule has 0 amide bonds. The molecule has 0 fully saturated rings. The van der Waals surface area contributed by atoms with E-state index in [1.807, 2.05) is 12.2 Å². The molecule has 1 aromatic heterocycles. The van der Waals surface area contributed by atoms with E-state index in [1.165, 1.54) is 17.1 Å². The van der Waals surface area contributed by atoms with Gasteiger partial charge in [-0.15, -0.1) is 0 Å². The number of aromatic nitrogens is 2. The largest absolute Gasteiger partial charge is 0.478 e. The van der Waals surface area contributed by atoms with Gasteiger partial charge in [-0.25, -0.2) is 9.48 Å². The van der Waals surface area contributed by atoms with Crippen LogP contribution in [0.25, 0.3) is 0 Å². The van der Waals surface area contributed by atoms with Crippen LogP contribution in [0.5, 0.6) is 0 Å². The van der Waals surface area contributed by atoms with Gasteiger partial charge in [-0.05, 0) is 17.9 Å². The summed E-state index contributed by atoms with van der Waals surface area (Å²) in [5.41, 5.74) is -1.04. The molecule has 0 bridgehead atoms. The van der Waals surface area contributed by atoms with E-state index in [2.05, 4.69) is 31.9 Å². The SMILES string of the molecule is CC(C)(C)CC1C=CC2=C(O2)C1(C#N)n1cc(C(=O)O)cn1. The minimum Gasteiger partial charge on any atom is -0.478 e. The summed E-state index contributed by atoms with van der Waals surface area (Å²) < 4.78 is 6.90. The summed E-state index contributed by atoms with van der Waals surface area (Å²) in [6.07, 6.45) is 7.24. The predicted octanol–water partition coefficient (Wildman–Crippen LogP) is 2.66. The Hall–Kier alpha value is -2.55. The van der Waals surface area contributed by atoms with Crippen LogP contribution in [0.1, 0.15) is 37.6 Å². The molecule has 6 nitrogen and oxygen atoms in total. The van der Waals surface area contributed by atoms with Gasteiger partial charge in [-0.3, -0.25) is 0 Å². The third-order valence-electron chi connectivity index (χ3n) is 3.95. The number of ether oxygens (including phenoxy) is 1. The Morgan fingerprint density at radius 3 is 2.86 bits per heavy atom. The molecule has 2 aliphatic rings. The van der Waals surface area contributed by atoms with Crippen molar-refractivity contribution in [3.63, 3.8) is 0 Å². The highest BCUT2D eigenvalue weighted by Crippen LogP contribution is 2.52. The smallest absolute Gasteiger partial charge is 0.338 e. The van der Waals surface area contributed by atoms with Crippen molar-refractivity contribution in [2.24, 2.45) is 11.3 Å². The maximum atomic E-state index is 11.1. The van der Waals surface area contributed by atoms with E-state index in [0.29, 0.717) is 11.5 Å². The zero-order valence-corrected chi connectivity index (χ0v) is 12.7. The van der Waals surface area contributed by atoms with Crippen molar-refractivity contribution in [2.45, 2.75) is 32.7 Å². The molecular weight excluding hydrogens is 282 g/mol. The monoisotopic (exact) mass is 299 g/mol. The predicted molar refractivity (Wildman–Crippen MR) is 77.6 cm³/mol. The van der Waals surface area contributed by atoms with Crippen molar-refractivity contribution in [1.29, 1.82) is 5.26 Å². The fraction of sp³-hybridized carbons (Fsp3) is 0.438. The summed E-state index contributed by atoms with van der Waals surface area (Å²) in [7, 11) is 0. The zero-order chi connectivity index (χ0) is 16.1. The quantitative estimate of drug-likeness (QED) is 0.926. The molecule has 1 aliphatic heterocycles. The van der Waals surface area contributed by atoms with Crippen molar-refractivity contribution < 1.29 is 14.6 Å². The summed E-state index contributed by atoms with van der Waals surface area (Å²) in [5, 5.41) is 23.1. The molecule has 22 heavy (non-hydrogen) atoms. The van der Waals surface area contributed by atoms with E-state index >= 15 is 0 Å². The normalized spacial score (nSPS) is 26.2. The summed E-state index contributed by atoms with van der Waals surface area (Å²) in [4.78, 5) is 11.1. The Kier molecular flexibility index (Phi) is 2.92.